The molecule has 1 fully saturated rings. The van der Waals surface area contributed by atoms with Crippen molar-refractivity contribution in [2.45, 2.75) is 0 Å². The highest BCUT2D eigenvalue weighted by Gasteiger charge is 2.20. The maximum atomic E-state index is 9.02. The fraction of sp³-hybridized carbons (Fsp3) is 0.182. The lowest BCUT2D eigenvalue weighted by molar-refractivity contribution is 0.367. The summed E-state index contributed by atoms with van der Waals surface area (Å²) in [5.74, 6) is 0. The molecule has 0 spiro atoms. The van der Waals surface area contributed by atoms with Crippen LogP contribution in [0.4, 0.5) is 5.69 Å². The zero-order chi connectivity index (χ0) is 19.9. The first-order chi connectivity index (χ1) is 13.6. The minimum Gasteiger partial charge on any atom is -0.368 e. The van der Waals surface area contributed by atoms with E-state index in [0.29, 0.717) is 5.02 Å². The van der Waals surface area contributed by atoms with Crippen LogP contribution in [0.2, 0.25) is 10.0 Å². The van der Waals surface area contributed by atoms with Crippen molar-refractivity contribution < 1.29 is 0 Å². The van der Waals surface area contributed by atoms with Gasteiger partial charge in [-0.25, -0.2) is 0 Å². The van der Waals surface area contributed by atoms with E-state index < -0.39 is 0 Å². The first kappa shape index (κ1) is 19.8. The fourth-order valence-corrected chi connectivity index (χ4v) is 3.46. The third-order valence-electron chi connectivity index (χ3n) is 4.58. The number of anilines is 1. The van der Waals surface area contributed by atoms with Gasteiger partial charge in [-0.15, -0.1) is 0 Å². The highest BCUT2D eigenvalue weighted by molar-refractivity contribution is 6.31. The van der Waals surface area contributed by atoms with Crippen molar-refractivity contribution in [3.05, 3.63) is 81.9 Å². The zero-order valence-corrected chi connectivity index (χ0v) is 16.7. The molecule has 0 saturated carbocycles. The van der Waals surface area contributed by atoms with Crippen molar-refractivity contribution in [2.75, 3.05) is 31.1 Å². The van der Waals surface area contributed by atoms with Gasteiger partial charge in [-0.3, -0.25) is 0 Å². The van der Waals surface area contributed by atoms with E-state index in [1.165, 1.54) is 0 Å². The van der Waals surface area contributed by atoms with Gasteiger partial charge in [0.2, 0.25) is 0 Å². The molecule has 1 aliphatic heterocycles. The van der Waals surface area contributed by atoms with E-state index in [9.17, 15) is 0 Å². The van der Waals surface area contributed by atoms with Gasteiger partial charge in [0.1, 0.15) is 17.7 Å². The largest absolute Gasteiger partial charge is 0.368 e. The number of hydrogen-bond donors (Lipinski definition) is 0. The molecule has 4 nitrogen and oxygen atoms in total. The SMILES string of the molecule is N#CC(C#N)=C/C=C(/c1ccc(Cl)cc1)N1CCN(c2cccc(Cl)c2)CC1. The molecule has 0 unspecified atom stereocenters. The number of rotatable bonds is 4. The van der Waals surface area contributed by atoms with Crippen LogP contribution in [-0.4, -0.2) is 31.1 Å². The van der Waals surface area contributed by atoms with E-state index in [2.05, 4.69) is 15.9 Å². The molecule has 0 atom stereocenters. The van der Waals surface area contributed by atoms with Crippen LogP contribution in [0, 0.1) is 22.7 Å². The molecule has 2 aromatic carbocycles. The average Bonchev–Trinajstić information content (AvgIpc) is 2.73. The summed E-state index contributed by atoms with van der Waals surface area (Å²) in [5.41, 5.74) is 3.14. The van der Waals surface area contributed by atoms with Crippen LogP contribution < -0.4 is 4.90 Å². The van der Waals surface area contributed by atoms with Crippen molar-refractivity contribution >= 4 is 34.6 Å². The monoisotopic (exact) mass is 408 g/mol. The number of benzene rings is 2. The van der Waals surface area contributed by atoms with Gasteiger partial charge in [-0.2, -0.15) is 10.5 Å². The maximum Gasteiger partial charge on any atom is 0.129 e. The van der Waals surface area contributed by atoms with Crippen LogP contribution in [0.15, 0.2) is 66.3 Å². The summed E-state index contributed by atoms with van der Waals surface area (Å²) in [6.45, 7) is 3.31. The van der Waals surface area contributed by atoms with Gasteiger partial charge in [0.25, 0.3) is 0 Å². The lowest BCUT2D eigenvalue weighted by atomic mass is 10.1. The summed E-state index contributed by atoms with van der Waals surface area (Å²) in [6, 6.07) is 19.2. The van der Waals surface area contributed by atoms with Gasteiger partial charge in [-0.1, -0.05) is 41.4 Å². The molecule has 0 bridgehead atoms. The number of hydrogen-bond acceptors (Lipinski definition) is 4. The predicted molar refractivity (Wildman–Crippen MR) is 114 cm³/mol. The molecular formula is C22H18Cl2N4. The molecule has 3 rings (SSSR count). The molecule has 1 saturated heterocycles. The third kappa shape index (κ3) is 4.87. The van der Waals surface area contributed by atoms with Crippen LogP contribution >= 0.6 is 23.2 Å². The number of piperazine rings is 1. The quantitative estimate of drug-likeness (QED) is 0.519. The lowest BCUT2D eigenvalue weighted by Crippen LogP contribution is -2.45. The molecule has 2 aromatic rings. The van der Waals surface area contributed by atoms with Crippen molar-refractivity contribution in [1.82, 2.24) is 4.90 Å². The van der Waals surface area contributed by atoms with Crippen LogP contribution in [0.3, 0.4) is 0 Å². The van der Waals surface area contributed by atoms with Crippen LogP contribution in [0.5, 0.6) is 0 Å². The molecule has 6 heteroatoms. The highest BCUT2D eigenvalue weighted by atomic mass is 35.5. The maximum absolute atomic E-state index is 9.02. The summed E-state index contributed by atoms with van der Waals surface area (Å²) in [5, 5.41) is 19.4. The Bertz CT molecular complexity index is 957. The molecule has 28 heavy (non-hydrogen) atoms. The lowest BCUT2D eigenvalue weighted by Gasteiger charge is -2.38. The van der Waals surface area contributed by atoms with Crippen molar-refractivity contribution in [2.24, 2.45) is 0 Å². The predicted octanol–water partition coefficient (Wildman–Crippen LogP) is 5.13. The van der Waals surface area contributed by atoms with Crippen molar-refractivity contribution in [3.63, 3.8) is 0 Å². The Balaban J connectivity index is 1.83. The standard InChI is InChI=1S/C22H18Cl2N4/c23-19-7-5-18(6-8-19)22(9-4-17(15-25)16-26)28-12-10-27(11-13-28)21-3-1-2-20(24)14-21/h1-9,14H,10-13H2/b22-9-. The summed E-state index contributed by atoms with van der Waals surface area (Å²) in [6.07, 6.45) is 3.40. The summed E-state index contributed by atoms with van der Waals surface area (Å²) >= 11 is 12.1. The number of halogens is 2. The summed E-state index contributed by atoms with van der Waals surface area (Å²) in [4.78, 5) is 4.56. The minimum absolute atomic E-state index is 0.0732. The summed E-state index contributed by atoms with van der Waals surface area (Å²) in [7, 11) is 0. The Morgan fingerprint density at radius 3 is 2.14 bits per heavy atom. The van der Waals surface area contributed by atoms with Gasteiger partial charge >= 0.3 is 0 Å². The van der Waals surface area contributed by atoms with E-state index in [4.69, 9.17) is 33.7 Å². The molecule has 1 heterocycles. The van der Waals surface area contributed by atoms with E-state index in [0.717, 1.165) is 48.1 Å². The molecular weight excluding hydrogens is 391 g/mol. The van der Waals surface area contributed by atoms with Gasteiger partial charge in [0.05, 0.1) is 0 Å². The summed E-state index contributed by atoms with van der Waals surface area (Å²) < 4.78 is 0. The second-order valence-electron chi connectivity index (χ2n) is 6.32. The van der Waals surface area contributed by atoms with E-state index >= 15 is 0 Å². The highest BCUT2D eigenvalue weighted by Crippen LogP contribution is 2.26. The Morgan fingerprint density at radius 1 is 0.857 bits per heavy atom. The van der Waals surface area contributed by atoms with Crippen molar-refractivity contribution in [3.8, 4) is 12.1 Å². The van der Waals surface area contributed by atoms with Gasteiger partial charge in [-0.05, 0) is 48.0 Å². The van der Waals surface area contributed by atoms with Gasteiger partial charge in [0, 0.05) is 47.6 Å². The van der Waals surface area contributed by atoms with Gasteiger partial charge < -0.3 is 9.80 Å². The first-order valence-electron chi connectivity index (χ1n) is 8.84. The van der Waals surface area contributed by atoms with E-state index in [1.54, 1.807) is 6.08 Å². The molecule has 1 aliphatic rings. The van der Waals surface area contributed by atoms with Gasteiger partial charge in [0.15, 0.2) is 0 Å². The molecule has 0 amide bonds. The number of allylic oxidation sites excluding steroid dienone is 3. The third-order valence-corrected chi connectivity index (χ3v) is 5.07. The van der Waals surface area contributed by atoms with Crippen molar-refractivity contribution in [1.29, 1.82) is 10.5 Å². The Hall–Kier alpha value is -2.92. The topological polar surface area (TPSA) is 54.1 Å². The normalized spacial score (nSPS) is 14.2. The molecule has 0 radical (unpaired) electrons. The number of nitrogens with zero attached hydrogens (tertiary/aromatic N) is 4. The molecule has 140 valence electrons. The smallest absolute Gasteiger partial charge is 0.129 e. The van der Waals surface area contributed by atoms with E-state index in [-0.39, 0.29) is 5.57 Å². The number of nitriles is 2. The Morgan fingerprint density at radius 2 is 1.54 bits per heavy atom. The molecule has 0 aliphatic carbocycles. The van der Waals surface area contributed by atoms with Crippen LogP contribution in [0.25, 0.3) is 5.70 Å². The average molecular weight is 409 g/mol. The molecule has 0 N–H and O–H groups in total. The van der Waals surface area contributed by atoms with Crippen LogP contribution in [-0.2, 0) is 0 Å². The Labute approximate surface area is 175 Å². The first-order valence-corrected chi connectivity index (χ1v) is 9.60. The zero-order valence-electron chi connectivity index (χ0n) is 15.1. The fourth-order valence-electron chi connectivity index (χ4n) is 3.15. The Kier molecular flexibility index (Phi) is 6.61. The second-order valence-corrected chi connectivity index (χ2v) is 7.19. The second kappa shape index (κ2) is 9.33. The minimum atomic E-state index is 0.0732. The van der Waals surface area contributed by atoms with E-state index in [1.807, 2.05) is 60.7 Å². The molecule has 0 aromatic heterocycles. The van der Waals surface area contributed by atoms with Crippen LogP contribution in [0.1, 0.15) is 5.56 Å².